The predicted octanol–water partition coefficient (Wildman–Crippen LogP) is 6.90. The summed E-state index contributed by atoms with van der Waals surface area (Å²) >= 11 is 19.1. The van der Waals surface area contributed by atoms with Crippen molar-refractivity contribution in [3.63, 3.8) is 0 Å². The molecular formula is C29H32Cl3N3O3S. The molecule has 39 heavy (non-hydrogen) atoms. The molecule has 1 fully saturated rings. The van der Waals surface area contributed by atoms with Gasteiger partial charge >= 0.3 is 0 Å². The van der Waals surface area contributed by atoms with Crippen LogP contribution in [0.15, 0.2) is 69.5 Å². The Morgan fingerprint density at radius 3 is 2.41 bits per heavy atom. The van der Waals surface area contributed by atoms with Gasteiger partial charge in [0.2, 0.25) is 10.0 Å². The van der Waals surface area contributed by atoms with Crippen molar-refractivity contribution in [3.8, 4) is 5.75 Å². The second-order valence-electron chi connectivity index (χ2n) is 10.5. The number of sulfonamides is 1. The van der Waals surface area contributed by atoms with E-state index in [9.17, 15) is 8.42 Å². The first-order valence-corrected chi connectivity index (χ1v) is 15.7. The topological polar surface area (TPSA) is 71.0 Å². The van der Waals surface area contributed by atoms with Crippen molar-refractivity contribution in [2.75, 3.05) is 19.7 Å². The lowest BCUT2D eigenvalue weighted by Crippen LogP contribution is -2.55. The van der Waals surface area contributed by atoms with Crippen molar-refractivity contribution in [2.24, 2.45) is 10.9 Å². The number of benzene rings is 2. The van der Waals surface area contributed by atoms with Crippen molar-refractivity contribution in [1.29, 1.82) is 0 Å². The van der Waals surface area contributed by atoms with Crippen molar-refractivity contribution in [2.45, 2.75) is 56.0 Å². The fourth-order valence-corrected chi connectivity index (χ4v) is 8.06. The van der Waals surface area contributed by atoms with Gasteiger partial charge in [-0.1, -0.05) is 59.1 Å². The van der Waals surface area contributed by atoms with Crippen LogP contribution >= 0.6 is 34.8 Å². The van der Waals surface area contributed by atoms with E-state index < -0.39 is 21.1 Å². The van der Waals surface area contributed by atoms with Gasteiger partial charge in [0.05, 0.1) is 28.3 Å². The SMILES string of the molecule is CCOc1cc(Cl)c(S(=O)(=O)N2CCCC2)cc1C1=N[C@@](C)(C2C=CC(Cl)=CC2)[C@@](C)(c2ccc(Cl)cc2)N1. The van der Waals surface area contributed by atoms with Gasteiger partial charge in [0, 0.05) is 35.1 Å². The van der Waals surface area contributed by atoms with E-state index >= 15 is 0 Å². The Hall–Kier alpha value is -2.03. The minimum absolute atomic E-state index is 0.0151. The number of ether oxygens (including phenoxy) is 1. The van der Waals surface area contributed by atoms with E-state index in [1.165, 1.54) is 4.31 Å². The van der Waals surface area contributed by atoms with Crippen LogP contribution in [0.25, 0.3) is 0 Å². The molecule has 6 nitrogen and oxygen atoms in total. The fourth-order valence-electron chi connectivity index (χ4n) is 5.74. The van der Waals surface area contributed by atoms with Crippen molar-refractivity contribution < 1.29 is 13.2 Å². The van der Waals surface area contributed by atoms with E-state index in [0.29, 0.717) is 53.3 Å². The van der Waals surface area contributed by atoms with Crippen LogP contribution in [0.5, 0.6) is 5.75 Å². The molecule has 5 rings (SSSR count). The van der Waals surface area contributed by atoms with Gasteiger partial charge < -0.3 is 10.1 Å². The molecular weight excluding hydrogens is 577 g/mol. The van der Waals surface area contributed by atoms with Crippen LogP contribution in [-0.4, -0.2) is 43.8 Å². The maximum Gasteiger partial charge on any atom is 0.244 e. The number of hydrogen-bond acceptors (Lipinski definition) is 5. The van der Waals surface area contributed by atoms with Crippen LogP contribution in [0.2, 0.25) is 10.0 Å². The molecule has 3 atom stereocenters. The minimum atomic E-state index is -3.78. The van der Waals surface area contributed by atoms with Crippen molar-refractivity contribution in [3.05, 3.63) is 80.8 Å². The Labute approximate surface area is 245 Å². The van der Waals surface area contributed by atoms with Gasteiger partial charge in [-0.15, -0.1) is 0 Å². The van der Waals surface area contributed by atoms with Crippen LogP contribution in [0.4, 0.5) is 0 Å². The Kier molecular flexibility index (Phi) is 7.85. The Bertz CT molecular complexity index is 1470. The first-order chi connectivity index (χ1) is 18.5. The minimum Gasteiger partial charge on any atom is -0.493 e. The van der Waals surface area contributed by atoms with E-state index in [1.807, 2.05) is 43.3 Å². The summed E-state index contributed by atoms with van der Waals surface area (Å²) in [6.45, 7) is 7.45. The number of allylic oxidation sites excluding steroid dienone is 3. The smallest absolute Gasteiger partial charge is 0.244 e. The second kappa shape index (κ2) is 10.7. The molecule has 208 valence electrons. The van der Waals surface area contributed by atoms with Gasteiger partial charge in [-0.2, -0.15) is 4.31 Å². The lowest BCUT2D eigenvalue weighted by molar-refractivity contribution is 0.204. The molecule has 0 aromatic heterocycles. The molecule has 1 unspecified atom stereocenters. The first kappa shape index (κ1) is 28.5. The van der Waals surface area contributed by atoms with E-state index in [2.05, 4.69) is 25.2 Å². The summed E-state index contributed by atoms with van der Waals surface area (Å²) in [4.78, 5) is 5.36. The monoisotopic (exact) mass is 607 g/mol. The molecule has 2 aromatic rings. The number of halogens is 3. The highest BCUT2D eigenvalue weighted by Crippen LogP contribution is 2.49. The molecule has 0 saturated carbocycles. The molecule has 0 amide bonds. The lowest BCUT2D eigenvalue weighted by Gasteiger charge is -2.44. The molecule has 2 aliphatic heterocycles. The molecule has 0 bridgehead atoms. The van der Waals surface area contributed by atoms with Crippen molar-refractivity contribution >= 4 is 50.7 Å². The Balaban J connectivity index is 1.67. The maximum absolute atomic E-state index is 13.6. The zero-order valence-electron chi connectivity index (χ0n) is 22.2. The standard InChI is InChI=1S/C29H32Cl3N3O3S/c1-4-38-25-18-24(32)26(39(36,37)35-15-5-6-16-35)17-23(25)27-33-28(2,19-7-11-21(30)12-8-19)29(3,34-27)20-9-13-22(31)14-10-20/h7-9,11-14,17-18,20H,4-6,10,15-16H2,1-3H3,(H,33,34)/t20?,28-,29+/m1/s1. The summed E-state index contributed by atoms with van der Waals surface area (Å²) in [5, 5.41) is 5.15. The highest BCUT2D eigenvalue weighted by Gasteiger charge is 2.55. The number of nitrogens with zero attached hydrogens (tertiary/aromatic N) is 2. The van der Waals surface area contributed by atoms with Crippen LogP contribution in [0, 0.1) is 5.92 Å². The summed E-state index contributed by atoms with van der Waals surface area (Å²) in [7, 11) is -3.78. The average molecular weight is 609 g/mol. The quantitative estimate of drug-likeness (QED) is 0.371. The van der Waals surface area contributed by atoms with Gasteiger partial charge in [-0.05, 0) is 69.9 Å². The third kappa shape index (κ3) is 5.02. The average Bonchev–Trinajstić information content (AvgIpc) is 3.53. The third-order valence-corrected chi connectivity index (χ3v) is 11.1. The first-order valence-electron chi connectivity index (χ1n) is 13.1. The van der Waals surface area contributed by atoms with Gasteiger partial charge in [-0.3, -0.25) is 4.99 Å². The molecule has 1 saturated heterocycles. The Morgan fingerprint density at radius 1 is 1.10 bits per heavy atom. The summed E-state index contributed by atoms with van der Waals surface area (Å²) in [5.74, 6) is 1.03. The van der Waals surface area contributed by atoms with Crippen LogP contribution in [-0.2, 0) is 15.6 Å². The third-order valence-electron chi connectivity index (χ3n) is 8.19. The van der Waals surface area contributed by atoms with E-state index in [-0.39, 0.29) is 15.8 Å². The van der Waals surface area contributed by atoms with Crippen LogP contribution in [0.3, 0.4) is 0 Å². The zero-order valence-corrected chi connectivity index (χ0v) is 25.3. The largest absolute Gasteiger partial charge is 0.493 e. The predicted molar refractivity (Wildman–Crippen MR) is 159 cm³/mol. The number of amidine groups is 1. The molecule has 0 spiro atoms. The maximum atomic E-state index is 13.6. The molecule has 1 N–H and O–H groups in total. The molecule has 3 aliphatic rings. The molecule has 10 heteroatoms. The van der Waals surface area contributed by atoms with E-state index in [4.69, 9.17) is 44.5 Å². The number of aliphatic imine (C=N–C) groups is 1. The summed E-state index contributed by atoms with van der Waals surface area (Å²) in [5.41, 5.74) is 0.213. The Morgan fingerprint density at radius 2 is 1.79 bits per heavy atom. The molecule has 2 heterocycles. The van der Waals surface area contributed by atoms with Gasteiger partial charge in [0.25, 0.3) is 0 Å². The molecule has 2 aromatic carbocycles. The molecule has 1 aliphatic carbocycles. The van der Waals surface area contributed by atoms with Crippen LogP contribution in [0.1, 0.15) is 51.2 Å². The summed E-state index contributed by atoms with van der Waals surface area (Å²) in [6, 6.07) is 10.9. The number of nitrogens with one attached hydrogen (secondary N) is 1. The normalized spacial score (nSPS) is 27.3. The second-order valence-corrected chi connectivity index (χ2v) is 13.7. The van der Waals surface area contributed by atoms with E-state index in [0.717, 1.165) is 18.4 Å². The number of rotatable bonds is 7. The summed E-state index contributed by atoms with van der Waals surface area (Å²) < 4.78 is 34.6. The fraction of sp³-hybridized carbons (Fsp3) is 0.414. The number of hydrogen-bond donors (Lipinski definition) is 1. The van der Waals surface area contributed by atoms with Gasteiger partial charge in [0.1, 0.15) is 16.5 Å². The highest BCUT2D eigenvalue weighted by molar-refractivity contribution is 7.89. The van der Waals surface area contributed by atoms with Gasteiger partial charge in [-0.25, -0.2) is 8.42 Å². The zero-order chi connectivity index (χ0) is 28.0. The van der Waals surface area contributed by atoms with E-state index in [1.54, 1.807) is 12.1 Å². The molecule has 0 radical (unpaired) electrons. The van der Waals surface area contributed by atoms with Crippen molar-refractivity contribution in [1.82, 2.24) is 9.62 Å². The summed E-state index contributed by atoms with van der Waals surface area (Å²) in [6.07, 6.45) is 8.38. The van der Waals surface area contributed by atoms with Crippen LogP contribution < -0.4 is 10.1 Å². The lowest BCUT2D eigenvalue weighted by atomic mass is 9.67. The van der Waals surface area contributed by atoms with Gasteiger partial charge in [0.15, 0.2) is 0 Å². The highest BCUT2D eigenvalue weighted by atomic mass is 35.5.